The van der Waals surface area contributed by atoms with Gasteiger partial charge in [-0.15, -0.1) is 0 Å². The molecule has 1 aliphatic heterocycles. The van der Waals surface area contributed by atoms with Gasteiger partial charge in [0.2, 0.25) is 12.3 Å². The zero-order valence-corrected chi connectivity index (χ0v) is 21.5. The Morgan fingerprint density at radius 1 is 1.26 bits per heavy atom. The van der Waals surface area contributed by atoms with Crippen LogP contribution in [0.2, 0.25) is 0 Å². The van der Waals surface area contributed by atoms with Crippen molar-refractivity contribution in [1.82, 2.24) is 15.3 Å². The monoisotopic (exact) mass is 511 g/mol. The summed E-state index contributed by atoms with van der Waals surface area (Å²) in [5.41, 5.74) is 0. The van der Waals surface area contributed by atoms with E-state index in [1.165, 1.54) is 31.1 Å². The Morgan fingerprint density at radius 2 is 1.94 bits per heavy atom. The number of amides is 2. The van der Waals surface area contributed by atoms with Crippen LogP contribution in [-0.2, 0) is 32.9 Å². The van der Waals surface area contributed by atoms with E-state index in [9.17, 15) is 18.9 Å². The number of carbonyl (C=O) groups is 3. The van der Waals surface area contributed by atoms with Crippen molar-refractivity contribution >= 4 is 26.0 Å². The van der Waals surface area contributed by atoms with E-state index in [1.807, 2.05) is 6.92 Å². The Morgan fingerprint density at radius 3 is 2.54 bits per heavy atom. The first kappa shape index (κ1) is 28.5. The summed E-state index contributed by atoms with van der Waals surface area (Å²) < 4.78 is 36.0. The van der Waals surface area contributed by atoms with E-state index in [0.29, 0.717) is 12.8 Å². The highest BCUT2D eigenvalue weighted by atomic mass is 31.2. The molecule has 0 aliphatic carbocycles. The molecule has 5 atom stereocenters. The molecule has 11 nitrogen and oxygen atoms in total. The molecule has 1 fully saturated rings. The third-order valence-corrected chi connectivity index (χ3v) is 6.61. The van der Waals surface area contributed by atoms with E-state index in [4.69, 9.17) is 18.5 Å². The third kappa shape index (κ3) is 9.10. The van der Waals surface area contributed by atoms with Gasteiger partial charge in [0.05, 0.1) is 18.8 Å². The summed E-state index contributed by atoms with van der Waals surface area (Å²) in [5.74, 6) is -0.767. The number of carbonyl (C=O) groups excluding carboxylic acids is 3. The molecule has 5 unspecified atom stereocenters. The summed E-state index contributed by atoms with van der Waals surface area (Å²) in [6.45, 7) is 6.68. The minimum Gasteiger partial charge on any atom is -0.462 e. The molecule has 1 saturated heterocycles. The van der Waals surface area contributed by atoms with E-state index in [2.05, 4.69) is 10.4 Å². The van der Waals surface area contributed by atoms with Gasteiger partial charge in [0.15, 0.2) is 0 Å². The number of nitrogens with zero attached hydrogens (tertiary/aromatic N) is 1. The molecule has 2 amide bonds. The van der Waals surface area contributed by atoms with Gasteiger partial charge in [-0.05, 0) is 39.3 Å². The molecule has 35 heavy (non-hydrogen) atoms. The van der Waals surface area contributed by atoms with Crippen LogP contribution in [0.3, 0.4) is 0 Å². The number of rotatable bonds is 13. The lowest BCUT2D eigenvalue weighted by Gasteiger charge is -2.25. The van der Waals surface area contributed by atoms with Crippen molar-refractivity contribution < 1.29 is 37.5 Å². The van der Waals surface area contributed by atoms with Crippen LogP contribution < -0.4 is 14.9 Å². The van der Waals surface area contributed by atoms with Gasteiger partial charge in [0, 0.05) is 25.2 Å². The number of nitrogens with one attached hydrogen (secondary N) is 2. The predicted molar refractivity (Wildman–Crippen MR) is 128 cm³/mol. The molecular formula is C23H34N3O8P. The fourth-order valence-electron chi connectivity index (χ4n) is 3.32. The number of benzene rings is 1. The average molecular weight is 512 g/mol. The Kier molecular flexibility index (Phi) is 10.9. The van der Waals surface area contributed by atoms with Crippen molar-refractivity contribution in [3.05, 3.63) is 42.6 Å². The molecule has 1 aromatic carbocycles. The molecule has 2 N–H and O–H groups in total. The second-order valence-corrected chi connectivity index (χ2v) is 10.1. The van der Waals surface area contributed by atoms with Crippen molar-refractivity contribution in [3.8, 4) is 5.75 Å². The van der Waals surface area contributed by atoms with Gasteiger partial charge in [-0.25, -0.2) is 4.57 Å². The lowest BCUT2D eigenvalue weighted by molar-refractivity contribution is -0.149. The molecule has 0 aromatic heterocycles. The predicted octanol–water partition coefficient (Wildman–Crippen LogP) is 2.59. The number of hydrogen-bond donors (Lipinski definition) is 2. The van der Waals surface area contributed by atoms with Gasteiger partial charge in [0.25, 0.3) is 0 Å². The molecule has 0 radical (unpaired) electrons. The average Bonchev–Trinajstić information content (AvgIpc) is 3.18. The van der Waals surface area contributed by atoms with Crippen molar-refractivity contribution in [2.75, 3.05) is 13.7 Å². The number of para-hydroxylation sites is 1. The SMILES string of the molecule is CNC(=O)/C=C\N(C=O)C1OC(COP(=O)(NC(C)C(=O)OC(C)C)Oc2ccccc2)CC1C. The highest BCUT2D eigenvalue weighted by molar-refractivity contribution is 7.52. The summed E-state index contributed by atoms with van der Waals surface area (Å²) in [7, 11) is -2.55. The van der Waals surface area contributed by atoms with E-state index < -0.39 is 32.1 Å². The van der Waals surface area contributed by atoms with Gasteiger partial charge < -0.3 is 19.3 Å². The minimum absolute atomic E-state index is 0.0922. The van der Waals surface area contributed by atoms with Crippen molar-refractivity contribution in [2.24, 2.45) is 5.92 Å². The minimum atomic E-state index is -4.03. The number of ether oxygens (including phenoxy) is 2. The largest absolute Gasteiger partial charge is 0.462 e. The molecular weight excluding hydrogens is 477 g/mol. The standard InChI is InChI=1S/C23H34N3O8P/c1-16(2)32-23(29)18(4)25-35(30,34-19-9-7-6-8-10-19)31-14-20-13-17(3)22(33-20)26(15-27)12-11-21(28)24-5/h6-12,15-18,20,22H,13-14H2,1-5H3,(H,24,28)(H,25,30)/b12-11-. The van der Waals surface area contributed by atoms with E-state index in [1.54, 1.807) is 44.2 Å². The highest BCUT2D eigenvalue weighted by Gasteiger charge is 2.39. The van der Waals surface area contributed by atoms with E-state index >= 15 is 0 Å². The first-order valence-corrected chi connectivity index (χ1v) is 12.9. The molecule has 0 bridgehead atoms. The second kappa shape index (κ2) is 13.4. The molecule has 0 saturated carbocycles. The Balaban J connectivity index is 2.09. The highest BCUT2D eigenvalue weighted by Crippen LogP contribution is 2.46. The van der Waals surface area contributed by atoms with Crippen LogP contribution in [0, 0.1) is 5.92 Å². The van der Waals surface area contributed by atoms with Gasteiger partial charge in [-0.3, -0.25) is 23.8 Å². The first-order chi connectivity index (χ1) is 16.6. The fourth-order valence-corrected chi connectivity index (χ4v) is 4.84. The Labute approximate surface area is 205 Å². The van der Waals surface area contributed by atoms with Crippen LogP contribution in [0.15, 0.2) is 42.6 Å². The number of likely N-dealkylation sites (N-methyl/N-ethyl adjacent to an activating group) is 1. The zero-order chi connectivity index (χ0) is 26.0. The number of hydrogen-bond acceptors (Lipinski definition) is 8. The normalized spacial score (nSPS) is 22.4. The number of esters is 1. The summed E-state index contributed by atoms with van der Waals surface area (Å²) in [5, 5.41) is 5.06. The van der Waals surface area contributed by atoms with Crippen LogP contribution in [0.4, 0.5) is 0 Å². The van der Waals surface area contributed by atoms with Crippen molar-refractivity contribution in [1.29, 1.82) is 0 Å². The molecule has 12 heteroatoms. The first-order valence-electron chi connectivity index (χ1n) is 11.3. The molecule has 1 aromatic rings. The lowest BCUT2D eigenvalue weighted by atomic mass is 10.1. The van der Waals surface area contributed by atoms with Crippen LogP contribution in [0.25, 0.3) is 0 Å². The fraction of sp³-hybridized carbons (Fsp3) is 0.522. The quantitative estimate of drug-likeness (QED) is 0.177. The van der Waals surface area contributed by atoms with Gasteiger partial charge in [-0.1, -0.05) is 25.1 Å². The summed E-state index contributed by atoms with van der Waals surface area (Å²) in [4.78, 5) is 36.5. The zero-order valence-electron chi connectivity index (χ0n) is 20.6. The smallest absolute Gasteiger partial charge is 0.459 e. The lowest BCUT2D eigenvalue weighted by Crippen LogP contribution is -2.37. The molecule has 1 aliphatic rings. The van der Waals surface area contributed by atoms with Crippen LogP contribution in [0.1, 0.15) is 34.1 Å². The van der Waals surface area contributed by atoms with Crippen LogP contribution in [0.5, 0.6) is 5.75 Å². The van der Waals surface area contributed by atoms with Gasteiger partial charge >= 0.3 is 13.7 Å². The van der Waals surface area contributed by atoms with Crippen molar-refractivity contribution in [2.45, 2.75) is 58.6 Å². The summed E-state index contributed by atoms with van der Waals surface area (Å²) in [6, 6.07) is 7.45. The molecule has 0 spiro atoms. The molecule has 194 valence electrons. The molecule has 2 rings (SSSR count). The van der Waals surface area contributed by atoms with Crippen molar-refractivity contribution in [3.63, 3.8) is 0 Å². The Bertz CT molecular complexity index is 927. The van der Waals surface area contributed by atoms with E-state index in [-0.39, 0.29) is 30.3 Å². The summed E-state index contributed by atoms with van der Waals surface area (Å²) >= 11 is 0. The maximum atomic E-state index is 13.6. The maximum absolute atomic E-state index is 13.6. The van der Waals surface area contributed by atoms with Gasteiger partial charge in [-0.2, -0.15) is 5.09 Å². The maximum Gasteiger partial charge on any atom is 0.459 e. The topological polar surface area (TPSA) is 132 Å². The van der Waals surface area contributed by atoms with Crippen LogP contribution in [-0.4, -0.2) is 61.3 Å². The summed E-state index contributed by atoms with van der Waals surface area (Å²) in [6.07, 6.45) is 2.13. The van der Waals surface area contributed by atoms with Gasteiger partial charge in [0.1, 0.15) is 18.0 Å². The Hall–Kier alpha value is -2.72. The second-order valence-electron chi connectivity index (χ2n) is 8.38. The molecule has 1 heterocycles. The van der Waals surface area contributed by atoms with Crippen LogP contribution >= 0.6 is 7.75 Å². The third-order valence-electron chi connectivity index (χ3n) is 4.97. The van der Waals surface area contributed by atoms with E-state index in [0.717, 1.165) is 0 Å².